The van der Waals surface area contributed by atoms with Crippen molar-refractivity contribution in [3.63, 3.8) is 0 Å². The van der Waals surface area contributed by atoms with Crippen molar-refractivity contribution in [1.29, 1.82) is 5.26 Å². The van der Waals surface area contributed by atoms with E-state index >= 15 is 0 Å². The maximum Gasteiger partial charge on any atom is 0.143 e. The van der Waals surface area contributed by atoms with E-state index in [1.807, 2.05) is 24.3 Å². The van der Waals surface area contributed by atoms with Crippen molar-refractivity contribution in [2.75, 3.05) is 0 Å². The zero-order valence-corrected chi connectivity index (χ0v) is 24.4. The van der Waals surface area contributed by atoms with Gasteiger partial charge in [-0.2, -0.15) is 5.26 Å². The minimum absolute atomic E-state index is 0.682. The van der Waals surface area contributed by atoms with Gasteiger partial charge in [0.15, 0.2) is 0 Å². The summed E-state index contributed by atoms with van der Waals surface area (Å²) in [6.45, 7) is 4.30. The van der Waals surface area contributed by atoms with E-state index in [0.29, 0.717) is 5.56 Å². The monoisotopic (exact) mass is 568 g/mol. The topological polar surface area (TPSA) is 41.9 Å². The van der Waals surface area contributed by atoms with Gasteiger partial charge in [0.25, 0.3) is 0 Å². The molecule has 0 spiro atoms. The van der Waals surface area contributed by atoms with Gasteiger partial charge in [0.2, 0.25) is 0 Å². The van der Waals surface area contributed by atoms with Gasteiger partial charge in [-0.1, -0.05) is 71.8 Å². The molecule has 202 valence electrons. The van der Waals surface area contributed by atoms with Gasteiger partial charge in [-0.15, -0.1) is 11.3 Å². The van der Waals surface area contributed by atoms with E-state index in [-0.39, 0.29) is 0 Å². The lowest BCUT2D eigenvalue weighted by atomic mass is 9.98. The molecule has 0 atom stereocenters. The Morgan fingerprint density at radius 3 is 2.09 bits per heavy atom. The van der Waals surface area contributed by atoms with E-state index in [4.69, 9.17) is 4.42 Å². The number of rotatable bonds is 2. The third kappa shape index (κ3) is 3.40. The molecule has 0 N–H and O–H groups in total. The van der Waals surface area contributed by atoms with Crippen molar-refractivity contribution in [3.05, 3.63) is 126 Å². The van der Waals surface area contributed by atoms with Crippen LogP contribution < -0.4 is 0 Å². The average molecular weight is 569 g/mol. The maximum atomic E-state index is 10.4. The highest BCUT2D eigenvalue weighted by Crippen LogP contribution is 2.44. The molecule has 0 radical (unpaired) electrons. The Hall–Kier alpha value is -5.37. The Labute approximate surface area is 251 Å². The lowest BCUT2D eigenvalue weighted by molar-refractivity contribution is 0.670. The van der Waals surface area contributed by atoms with Gasteiger partial charge in [0, 0.05) is 37.9 Å². The Morgan fingerprint density at radius 1 is 0.628 bits per heavy atom. The molecule has 9 rings (SSSR count). The van der Waals surface area contributed by atoms with Crippen LogP contribution in [0.3, 0.4) is 0 Å². The standard InChI is InChI=1S/C39H24N2OS/c1-22-13-15-33-30(17-22)31-18-23(2)14-16-34(31)41(33)35-11-6-10-29-32-20-24(19-25(21-40)38(32)43-39(29)35)26-8-5-9-28-27-7-3-4-12-36(27)42-37(26)28/h3-20H,1-2H3. The summed E-state index contributed by atoms with van der Waals surface area (Å²) in [4.78, 5) is 0. The Morgan fingerprint density at radius 2 is 1.33 bits per heavy atom. The lowest BCUT2D eigenvalue weighted by Gasteiger charge is -2.09. The second kappa shape index (κ2) is 8.82. The summed E-state index contributed by atoms with van der Waals surface area (Å²) in [5, 5.41) is 17.3. The van der Waals surface area contributed by atoms with Gasteiger partial charge in [0.05, 0.1) is 31.7 Å². The van der Waals surface area contributed by atoms with Crippen molar-refractivity contribution in [2.24, 2.45) is 0 Å². The molecule has 0 saturated carbocycles. The molecule has 6 aromatic carbocycles. The molecule has 3 heterocycles. The molecule has 4 heteroatoms. The minimum Gasteiger partial charge on any atom is -0.455 e. The Bertz CT molecular complexity index is 2600. The van der Waals surface area contributed by atoms with E-state index in [9.17, 15) is 5.26 Å². The summed E-state index contributed by atoms with van der Waals surface area (Å²) in [6, 6.07) is 41.1. The fourth-order valence-corrected chi connectivity index (χ4v) is 8.03. The number of hydrogen-bond donors (Lipinski definition) is 0. The zero-order valence-electron chi connectivity index (χ0n) is 23.6. The van der Waals surface area contributed by atoms with Crippen LogP contribution >= 0.6 is 11.3 Å². The van der Waals surface area contributed by atoms with E-state index in [1.54, 1.807) is 11.3 Å². The van der Waals surface area contributed by atoms with E-state index in [2.05, 4.69) is 109 Å². The largest absolute Gasteiger partial charge is 0.455 e. The predicted molar refractivity (Wildman–Crippen MR) is 181 cm³/mol. The number of para-hydroxylation sites is 2. The highest BCUT2D eigenvalue weighted by molar-refractivity contribution is 7.26. The molecule has 0 aliphatic carbocycles. The fourth-order valence-electron chi connectivity index (χ4n) is 6.78. The van der Waals surface area contributed by atoms with Crippen LogP contribution in [0.25, 0.3) is 80.7 Å². The Balaban J connectivity index is 1.35. The molecule has 0 fully saturated rings. The summed E-state index contributed by atoms with van der Waals surface area (Å²) in [5.41, 5.74) is 10.4. The fraction of sp³-hybridized carbons (Fsp3) is 0.0513. The molecule has 3 nitrogen and oxygen atoms in total. The molecule has 0 aliphatic rings. The number of furan rings is 1. The molecule has 3 aromatic heterocycles. The molecular formula is C39H24N2OS. The van der Waals surface area contributed by atoms with Crippen LogP contribution in [0.15, 0.2) is 114 Å². The highest BCUT2D eigenvalue weighted by atomic mass is 32.1. The normalized spacial score (nSPS) is 11.9. The quantitative estimate of drug-likeness (QED) is 0.208. The van der Waals surface area contributed by atoms with Crippen molar-refractivity contribution >= 4 is 75.3 Å². The van der Waals surface area contributed by atoms with Crippen LogP contribution in [0.4, 0.5) is 0 Å². The third-order valence-corrected chi connectivity index (χ3v) is 10.0. The molecule has 0 saturated heterocycles. The van der Waals surface area contributed by atoms with Crippen molar-refractivity contribution in [1.82, 2.24) is 4.57 Å². The van der Waals surface area contributed by atoms with Gasteiger partial charge >= 0.3 is 0 Å². The highest BCUT2D eigenvalue weighted by Gasteiger charge is 2.20. The predicted octanol–water partition coefficient (Wildman–Crippen LogP) is 11.2. The summed E-state index contributed by atoms with van der Waals surface area (Å²) in [5.74, 6) is 0. The lowest BCUT2D eigenvalue weighted by Crippen LogP contribution is -1.94. The second-order valence-electron chi connectivity index (χ2n) is 11.4. The van der Waals surface area contributed by atoms with Gasteiger partial charge in [-0.3, -0.25) is 0 Å². The Kier molecular flexibility index (Phi) is 4.97. The van der Waals surface area contributed by atoms with Gasteiger partial charge in [-0.25, -0.2) is 0 Å². The number of fused-ring (bicyclic) bond motifs is 9. The number of thiophene rings is 1. The number of nitriles is 1. The van der Waals surface area contributed by atoms with E-state index in [1.165, 1.54) is 37.6 Å². The smallest absolute Gasteiger partial charge is 0.143 e. The number of hydrogen-bond acceptors (Lipinski definition) is 3. The van der Waals surface area contributed by atoms with Crippen LogP contribution in [0, 0.1) is 25.2 Å². The first kappa shape index (κ1) is 24.2. The minimum atomic E-state index is 0.682. The molecule has 0 bridgehead atoms. The summed E-state index contributed by atoms with van der Waals surface area (Å²) >= 11 is 1.71. The van der Waals surface area contributed by atoms with Crippen LogP contribution in [-0.4, -0.2) is 4.57 Å². The van der Waals surface area contributed by atoms with E-state index < -0.39 is 0 Å². The summed E-state index contributed by atoms with van der Waals surface area (Å²) in [7, 11) is 0. The van der Waals surface area contributed by atoms with Gasteiger partial charge < -0.3 is 8.98 Å². The number of aryl methyl sites for hydroxylation is 2. The van der Waals surface area contributed by atoms with Crippen molar-refractivity contribution in [2.45, 2.75) is 13.8 Å². The first-order valence-electron chi connectivity index (χ1n) is 14.4. The molecular weight excluding hydrogens is 545 g/mol. The average Bonchev–Trinajstić information content (AvgIpc) is 3.70. The van der Waals surface area contributed by atoms with Crippen molar-refractivity contribution in [3.8, 4) is 22.9 Å². The van der Waals surface area contributed by atoms with Gasteiger partial charge in [0.1, 0.15) is 17.2 Å². The number of benzene rings is 6. The summed E-state index contributed by atoms with van der Waals surface area (Å²) in [6.07, 6.45) is 0. The van der Waals surface area contributed by atoms with Gasteiger partial charge in [-0.05, 0) is 67.9 Å². The van der Waals surface area contributed by atoms with Crippen LogP contribution in [0.1, 0.15) is 16.7 Å². The summed E-state index contributed by atoms with van der Waals surface area (Å²) < 4.78 is 11.0. The molecule has 0 aliphatic heterocycles. The second-order valence-corrected chi connectivity index (χ2v) is 12.4. The van der Waals surface area contributed by atoms with Crippen LogP contribution in [-0.2, 0) is 0 Å². The third-order valence-electron chi connectivity index (χ3n) is 8.73. The first-order chi connectivity index (χ1) is 21.1. The number of nitrogens with zero attached hydrogens (tertiary/aromatic N) is 2. The number of aromatic nitrogens is 1. The first-order valence-corrected chi connectivity index (χ1v) is 15.2. The molecule has 9 aromatic rings. The van der Waals surface area contributed by atoms with Crippen LogP contribution in [0.2, 0.25) is 0 Å². The zero-order chi connectivity index (χ0) is 28.8. The SMILES string of the molecule is Cc1ccc2c(c1)c1cc(C)ccc1n2-c1cccc2c1sc1c(C#N)cc(-c3cccc4c3oc3ccccc34)cc12. The maximum absolute atomic E-state index is 10.4. The molecule has 0 amide bonds. The molecule has 43 heavy (non-hydrogen) atoms. The van der Waals surface area contributed by atoms with E-state index in [0.717, 1.165) is 54.2 Å². The molecule has 0 unspecified atom stereocenters. The van der Waals surface area contributed by atoms with Crippen molar-refractivity contribution < 1.29 is 4.42 Å². The van der Waals surface area contributed by atoms with Crippen LogP contribution in [0.5, 0.6) is 0 Å².